The molecule has 2 aromatic heterocycles. The molecule has 3 aromatic rings. The van der Waals surface area contributed by atoms with E-state index in [2.05, 4.69) is 20.2 Å². The molecule has 1 aliphatic rings. The average Bonchev–Trinajstić information content (AvgIpc) is 3.11. The van der Waals surface area contributed by atoms with Crippen LogP contribution in [0, 0.1) is 0 Å². The number of aromatic hydroxyl groups is 1. The summed E-state index contributed by atoms with van der Waals surface area (Å²) in [5.41, 5.74) is 2.38. The van der Waals surface area contributed by atoms with Crippen molar-refractivity contribution in [3.8, 4) is 17.1 Å². The first-order valence-corrected chi connectivity index (χ1v) is 8.52. The summed E-state index contributed by atoms with van der Waals surface area (Å²) in [5.74, 6) is 0.607. The Morgan fingerprint density at radius 2 is 2.00 bits per heavy atom. The predicted molar refractivity (Wildman–Crippen MR) is 101 cm³/mol. The van der Waals surface area contributed by atoms with E-state index in [-0.39, 0.29) is 17.2 Å². The minimum Gasteiger partial charge on any atom is -0.505 e. The summed E-state index contributed by atoms with van der Waals surface area (Å²) < 4.78 is 1.46. The van der Waals surface area contributed by atoms with Gasteiger partial charge < -0.3 is 5.11 Å². The van der Waals surface area contributed by atoms with Crippen molar-refractivity contribution in [3.05, 3.63) is 70.4 Å². The van der Waals surface area contributed by atoms with Crippen molar-refractivity contribution >= 4 is 6.21 Å². The predicted octanol–water partition coefficient (Wildman–Crippen LogP) is 1.47. The van der Waals surface area contributed by atoms with E-state index in [1.54, 1.807) is 12.1 Å². The first-order chi connectivity index (χ1) is 13.1. The molecule has 4 rings (SSSR count). The number of hydrazone groups is 1. The third-order valence-electron chi connectivity index (χ3n) is 4.33. The SMILES string of the molecule is CN1CC(c2ccc(=O)n(Cc3cccc(-c4ncc(O)cn4)c3)n2)C=N1. The zero-order valence-electron chi connectivity index (χ0n) is 14.7. The van der Waals surface area contributed by atoms with Crippen LogP contribution in [0.1, 0.15) is 17.2 Å². The van der Waals surface area contributed by atoms with Crippen molar-refractivity contribution in [3.63, 3.8) is 0 Å². The summed E-state index contributed by atoms with van der Waals surface area (Å²) in [6, 6.07) is 10.9. The molecule has 0 radical (unpaired) electrons. The van der Waals surface area contributed by atoms with Crippen molar-refractivity contribution in [2.75, 3.05) is 13.6 Å². The molecule has 0 saturated carbocycles. The normalized spacial score (nSPS) is 16.0. The maximum Gasteiger partial charge on any atom is 0.267 e. The monoisotopic (exact) mass is 362 g/mol. The van der Waals surface area contributed by atoms with Crippen molar-refractivity contribution < 1.29 is 5.11 Å². The molecular formula is C19H18N6O2. The second-order valence-electron chi connectivity index (χ2n) is 6.43. The largest absolute Gasteiger partial charge is 0.505 e. The van der Waals surface area contributed by atoms with E-state index < -0.39 is 0 Å². The summed E-state index contributed by atoms with van der Waals surface area (Å²) in [7, 11) is 1.91. The molecule has 1 unspecified atom stereocenters. The maximum atomic E-state index is 12.3. The Morgan fingerprint density at radius 3 is 2.74 bits per heavy atom. The zero-order valence-corrected chi connectivity index (χ0v) is 14.7. The summed E-state index contributed by atoms with van der Waals surface area (Å²) in [6.07, 6.45) is 4.55. The molecule has 8 nitrogen and oxygen atoms in total. The Bertz CT molecular complexity index is 1040. The van der Waals surface area contributed by atoms with Gasteiger partial charge in [-0.15, -0.1) is 0 Å². The molecule has 1 aromatic carbocycles. The van der Waals surface area contributed by atoms with Crippen LogP contribution in [-0.2, 0) is 6.54 Å². The topological polar surface area (TPSA) is 96.5 Å². The molecule has 1 aliphatic heterocycles. The van der Waals surface area contributed by atoms with E-state index in [9.17, 15) is 9.90 Å². The Labute approximate surface area is 155 Å². The first kappa shape index (κ1) is 16.9. The minimum absolute atomic E-state index is 0.0172. The van der Waals surface area contributed by atoms with Gasteiger partial charge in [0.15, 0.2) is 11.6 Å². The fourth-order valence-corrected chi connectivity index (χ4v) is 2.97. The molecule has 3 heterocycles. The van der Waals surface area contributed by atoms with Crippen LogP contribution in [0.4, 0.5) is 0 Å². The zero-order chi connectivity index (χ0) is 18.8. The van der Waals surface area contributed by atoms with Gasteiger partial charge in [0.2, 0.25) is 0 Å². The Morgan fingerprint density at radius 1 is 1.19 bits per heavy atom. The molecule has 1 N–H and O–H groups in total. The highest BCUT2D eigenvalue weighted by molar-refractivity contribution is 5.68. The molecule has 136 valence electrons. The molecule has 0 bridgehead atoms. The Kier molecular flexibility index (Phi) is 4.37. The van der Waals surface area contributed by atoms with Gasteiger partial charge in [0, 0.05) is 31.4 Å². The minimum atomic E-state index is -0.159. The lowest BCUT2D eigenvalue weighted by Crippen LogP contribution is -2.25. The van der Waals surface area contributed by atoms with Gasteiger partial charge in [0.05, 0.1) is 30.6 Å². The number of nitrogens with zero attached hydrogens (tertiary/aromatic N) is 6. The van der Waals surface area contributed by atoms with Gasteiger partial charge in [0.25, 0.3) is 5.56 Å². The van der Waals surface area contributed by atoms with Crippen LogP contribution < -0.4 is 5.56 Å². The number of aromatic nitrogens is 4. The number of hydrogen-bond acceptors (Lipinski definition) is 7. The summed E-state index contributed by atoms with van der Waals surface area (Å²) >= 11 is 0. The Hall–Kier alpha value is -3.55. The van der Waals surface area contributed by atoms with E-state index in [4.69, 9.17) is 0 Å². The number of hydrogen-bond donors (Lipinski definition) is 1. The smallest absolute Gasteiger partial charge is 0.267 e. The molecule has 0 fully saturated rings. The lowest BCUT2D eigenvalue weighted by molar-refractivity contribution is 0.378. The van der Waals surface area contributed by atoms with Gasteiger partial charge in [-0.25, -0.2) is 14.6 Å². The molecular weight excluding hydrogens is 344 g/mol. The number of rotatable bonds is 4. The van der Waals surface area contributed by atoms with Crippen LogP contribution in [0.15, 0.2) is 58.7 Å². The quantitative estimate of drug-likeness (QED) is 0.755. The Balaban J connectivity index is 1.61. The highest BCUT2D eigenvalue weighted by atomic mass is 16.3. The van der Waals surface area contributed by atoms with Crippen LogP contribution in [0.3, 0.4) is 0 Å². The van der Waals surface area contributed by atoms with Gasteiger partial charge in [-0.3, -0.25) is 9.80 Å². The van der Waals surface area contributed by atoms with Crippen molar-refractivity contribution in [1.82, 2.24) is 24.8 Å². The van der Waals surface area contributed by atoms with Gasteiger partial charge in [-0.05, 0) is 17.7 Å². The standard InChI is InChI=1S/C19H18N6O2/c1-24-12-15(8-22-24)17-5-6-18(27)25(23-17)11-13-3-2-4-14(7-13)19-20-9-16(26)10-21-19/h2-10,15,26H,11-12H2,1H3. The molecule has 8 heteroatoms. The van der Waals surface area contributed by atoms with E-state index in [1.165, 1.54) is 17.1 Å². The third-order valence-corrected chi connectivity index (χ3v) is 4.33. The molecule has 0 aliphatic carbocycles. The van der Waals surface area contributed by atoms with Crippen LogP contribution in [-0.4, -0.2) is 49.7 Å². The van der Waals surface area contributed by atoms with E-state index in [1.807, 2.05) is 42.5 Å². The average molecular weight is 362 g/mol. The highest BCUT2D eigenvalue weighted by Crippen LogP contribution is 2.19. The van der Waals surface area contributed by atoms with E-state index in [0.717, 1.165) is 23.4 Å². The van der Waals surface area contributed by atoms with Gasteiger partial charge in [-0.1, -0.05) is 18.2 Å². The van der Waals surface area contributed by atoms with Gasteiger partial charge in [-0.2, -0.15) is 10.2 Å². The molecule has 0 spiro atoms. The van der Waals surface area contributed by atoms with E-state index >= 15 is 0 Å². The summed E-state index contributed by atoms with van der Waals surface area (Å²) in [6.45, 7) is 1.09. The summed E-state index contributed by atoms with van der Waals surface area (Å²) in [4.78, 5) is 20.5. The fourth-order valence-electron chi connectivity index (χ4n) is 2.97. The lowest BCUT2D eigenvalue weighted by atomic mass is 10.1. The maximum absolute atomic E-state index is 12.3. The first-order valence-electron chi connectivity index (χ1n) is 8.52. The molecule has 0 saturated heterocycles. The van der Waals surface area contributed by atoms with Gasteiger partial charge >= 0.3 is 0 Å². The van der Waals surface area contributed by atoms with Gasteiger partial charge in [0.1, 0.15) is 0 Å². The third kappa shape index (κ3) is 3.69. The van der Waals surface area contributed by atoms with Crippen LogP contribution in [0.25, 0.3) is 11.4 Å². The van der Waals surface area contributed by atoms with E-state index in [0.29, 0.717) is 12.4 Å². The van der Waals surface area contributed by atoms with Crippen LogP contribution in [0.2, 0.25) is 0 Å². The van der Waals surface area contributed by atoms with Crippen molar-refractivity contribution in [2.24, 2.45) is 5.10 Å². The van der Waals surface area contributed by atoms with Crippen molar-refractivity contribution in [1.29, 1.82) is 0 Å². The molecule has 0 amide bonds. The summed E-state index contributed by atoms with van der Waals surface area (Å²) in [5, 5.41) is 19.9. The molecule has 1 atom stereocenters. The second-order valence-corrected chi connectivity index (χ2v) is 6.43. The van der Waals surface area contributed by atoms with Crippen LogP contribution >= 0.6 is 0 Å². The fraction of sp³-hybridized carbons (Fsp3) is 0.211. The number of benzene rings is 1. The highest BCUT2D eigenvalue weighted by Gasteiger charge is 2.19. The lowest BCUT2D eigenvalue weighted by Gasteiger charge is -2.12. The van der Waals surface area contributed by atoms with Crippen molar-refractivity contribution in [2.45, 2.75) is 12.5 Å². The second kappa shape index (κ2) is 6.99. The number of likely N-dealkylation sites (N-methyl/N-ethyl adjacent to an activating group) is 1. The van der Waals surface area contributed by atoms with Crippen LogP contribution in [0.5, 0.6) is 5.75 Å². The molecule has 27 heavy (non-hydrogen) atoms.